The average molecular weight is 258 g/mol. The summed E-state index contributed by atoms with van der Waals surface area (Å²) < 4.78 is 0. The molecule has 1 saturated carbocycles. The lowest BCUT2D eigenvalue weighted by molar-refractivity contribution is -0.123. The van der Waals surface area contributed by atoms with Crippen molar-refractivity contribution < 1.29 is 4.79 Å². The largest absolute Gasteiger partial charge is 0.352 e. The van der Waals surface area contributed by atoms with Gasteiger partial charge in [-0.1, -0.05) is 13.8 Å². The first kappa shape index (κ1) is 14.8. The van der Waals surface area contributed by atoms with Gasteiger partial charge in [-0.15, -0.1) is 0 Å². The molecule has 0 aromatic heterocycles. The van der Waals surface area contributed by atoms with E-state index in [0.29, 0.717) is 11.5 Å². The molecule has 1 fully saturated rings. The van der Waals surface area contributed by atoms with E-state index in [1.54, 1.807) is 11.8 Å². The van der Waals surface area contributed by atoms with Crippen molar-refractivity contribution >= 4 is 17.7 Å². The third-order valence-corrected chi connectivity index (χ3v) is 4.30. The first-order valence-corrected chi connectivity index (χ1v) is 7.89. The van der Waals surface area contributed by atoms with Crippen LogP contribution in [0.4, 0.5) is 0 Å². The van der Waals surface area contributed by atoms with Gasteiger partial charge < -0.3 is 11.1 Å². The minimum Gasteiger partial charge on any atom is -0.352 e. The number of carbonyl (C=O) groups excluding carboxylic acids is 1. The highest BCUT2D eigenvalue weighted by molar-refractivity contribution is 7.98. The zero-order valence-electron chi connectivity index (χ0n) is 11.3. The van der Waals surface area contributed by atoms with Crippen molar-refractivity contribution in [1.29, 1.82) is 0 Å². The summed E-state index contributed by atoms with van der Waals surface area (Å²) >= 11 is 1.73. The van der Waals surface area contributed by atoms with Gasteiger partial charge in [0.05, 0.1) is 6.04 Å². The molecule has 0 radical (unpaired) electrons. The van der Waals surface area contributed by atoms with Crippen molar-refractivity contribution in [2.24, 2.45) is 11.1 Å². The summed E-state index contributed by atoms with van der Waals surface area (Å²) in [6.45, 7) is 4.60. The van der Waals surface area contributed by atoms with Crippen molar-refractivity contribution in [1.82, 2.24) is 5.32 Å². The SMILES string of the molecule is CSCC[C@H](N)C(=O)NC1CCC(C)(C)CC1. The standard InChI is InChI=1S/C13H26N2OS/c1-13(2)7-4-10(5-8-13)15-12(16)11(14)6-9-17-3/h10-11H,4-9,14H2,1-3H3,(H,15,16)/t11-/m0/s1. The summed E-state index contributed by atoms with van der Waals surface area (Å²) in [5.41, 5.74) is 6.29. The van der Waals surface area contributed by atoms with E-state index >= 15 is 0 Å². The van der Waals surface area contributed by atoms with E-state index in [4.69, 9.17) is 5.73 Å². The van der Waals surface area contributed by atoms with E-state index in [1.165, 1.54) is 12.8 Å². The first-order valence-electron chi connectivity index (χ1n) is 6.49. The van der Waals surface area contributed by atoms with Crippen LogP contribution >= 0.6 is 11.8 Å². The Kier molecular flexibility index (Phi) is 5.80. The van der Waals surface area contributed by atoms with Crippen LogP contribution in [-0.4, -0.2) is 30.0 Å². The van der Waals surface area contributed by atoms with Crippen molar-refractivity contribution in [2.75, 3.05) is 12.0 Å². The van der Waals surface area contributed by atoms with Gasteiger partial charge >= 0.3 is 0 Å². The lowest BCUT2D eigenvalue weighted by Crippen LogP contribution is -2.47. The zero-order chi connectivity index (χ0) is 12.9. The summed E-state index contributed by atoms with van der Waals surface area (Å²) in [4.78, 5) is 11.8. The van der Waals surface area contributed by atoms with E-state index in [1.807, 2.05) is 6.26 Å². The van der Waals surface area contributed by atoms with Crippen LogP contribution in [0.25, 0.3) is 0 Å². The highest BCUT2D eigenvalue weighted by atomic mass is 32.2. The fraction of sp³-hybridized carbons (Fsp3) is 0.923. The highest BCUT2D eigenvalue weighted by Crippen LogP contribution is 2.34. The number of amides is 1. The number of nitrogens with one attached hydrogen (secondary N) is 1. The Morgan fingerprint density at radius 1 is 1.47 bits per heavy atom. The molecule has 3 N–H and O–H groups in total. The molecular weight excluding hydrogens is 232 g/mol. The molecule has 0 bridgehead atoms. The van der Waals surface area contributed by atoms with E-state index in [9.17, 15) is 4.79 Å². The maximum atomic E-state index is 11.8. The summed E-state index contributed by atoms with van der Waals surface area (Å²) in [6, 6.07) is 0.00763. The average Bonchev–Trinajstić information content (AvgIpc) is 2.28. The van der Waals surface area contributed by atoms with Crippen LogP contribution < -0.4 is 11.1 Å². The summed E-state index contributed by atoms with van der Waals surface area (Å²) in [5, 5.41) is 3.09. The number of rotatable bonds is 5. The van der Waals surface area contributed by atoms with Gasteiger partial charge in [0.15, 0.2) is 0 Å². The Balaban J connectivity index is 2.27. The molecule has 0 aromatic rings. The van der Waals surface area contributed by atoms with Gasteiger partial charge in [-0.05, 0) is 49.5 Å². The molecule has 0 spiro atoms. The van der Waals surface area contributed by atoms with Gasteiger partial charge in [-0.2, -0.15) is 11.8 Å². The summed E-state index contributed by atoms with van der Waals surface area (Å²) in [7, 11) is 0. The molecule has 4 heteroatoms. The summed E-state index contributed by atoms with van der Waals surface area (Å²) in [5.74, 6) is 0.982. The molecule has 1 rings (SSSR count). The third kappa shape index (κ3) is 5.30. The molecule has 0 saturated heterocycles. The normalized spacial score (nSPS) is 22.1. The van der Waals surface area contributed by atoms with Crippen LogP contribution in [0.15, 0.2) is 0 Å². The molecule has 1 atom stereocenters. The molecule has 0 aromatic carbocycles. The number of hydrogen-bond donors (Lipinski definition) is 2. The highest BCUT2D eigenvalue weighted by Gasteiger charge is 2.28. The van der Waals surface area contributed by atoms with Crippen molar-refractivity contribution in [3.63, 3.8) is 0 Å². The zero-order valence-corrected chi connectivity index (χ0v) is 12.1. The number of hydrogen-bond acceptors (Lipinski definition) is 3. The fourth-order valence-electron chi connectivity index (χ4n) is 2.23. The quantitative estimate of drug-likeness (QED) is 0.794. The Hall–Kier alpha value is -0.220. The molecule has 3 nitrogen and oxygen atoms in total. The molecule has 1 amide bonds. The number of nitrogens with two attached hydrogens (primary N) is 1. The second kappa shape index (κ2) is 6.64. The lowest BCUT2D eigenvalue weighted by Gasteiger charge is -2.35. The minimum absolute atomic E-state index is 0.0313. The second-order valence-electron chi connectivity index (χ2n) is 5.84. The van der Waals surface area contributed by atoms with Crippen LogP contribution in [0.1, 0.15) is 46.0 Å². The van der Waals surface area contributed by atoms with Crippen molar-refractivity contribution in [3.8, 4) is 0 Å². The summed E-state index contributed by atoms with van der Waals surface area (Å²) in [6.07, 6.45) is 7.37. The van der Waals surface area contributed by atoms with E-state index < -0.39 is 0 Å². The van der Waals surface area contributed by atoms with E-state index in [2.05, 4.69) is 19.2 Å². The molecule has 0 unspecified atom stereocenters. The lowest BCUT2D eigenvalue weighted by atomic mass is 9.75. The molecule has 0 aliphatic heterocycles. The van der Waals surface area contributed by atoms with Gasteiger partial charge in [-0.25, -0.2) is 0 Å². The van der Waals surface area contributed by atoms with Crippen LogP contribution in [0.5, 0.6) is 0 Å². The van der Waals surface area contributed by atoms with Gasteiger partial charge in [-0.3, -0.25) is 4.79 Å². The Morgan fingerprint density at radius 2 is 2.06 bits per heavy atom. The second-order valence-corrected chi connectivity index (χ2v) is 6.82. The van der Waals surface area contributed by atoms with Gasteiger partial charge in [0.25, 0.3) is 0 Å². The van der Waals surface area contributed by atoms with E-state index in [-0.39, 0.29) is 11.9 Å². The van der Waals surface area contributed by atoms with Crippen molar-refractivity contribution in [3.05, 3.63) is 0 Å². The Bertz CT molecular complexity index is 246. The van der Waals surface area contributed by atoms with Crippen molar-refractivity contribution in [2.45, 2.75) is 58.0 Å². The molecule has 100 valence electrons. The fourth-order valence-corrected chi connectivity index (χ4v) is 2.72. The third-order valence-electron chi connectivity index (χ3n) is 3.66. The number of thioether (sulfide) groups is 1. The van der Waals surface area contributed by atoms with Gasteiger partial charge in [0.1, 0.15) is 0 Å². The molecule has 0 heterocycles. The molecule has 1 aliphatic carbocycles. The van der Waals surface area contributed by atoms with Gasteiger partial charge in [0.2, 0.25) is 5.91 Å². The van der Waals surface area contributed by atoms with E-state index in [0.717, 1.165) is 25.0 Å². The van der Waals surface area contributed by atoms with Crippen LogP contribution in [0, 0.1) is 5.41 Å². The van der Waals surface area contributed by atoms with Crippen LogP contribution in [0.2, 0.25) is 0 Å². The molecular formula is C13H26N2OS. The maximum Gasteiger partial charge on any atom is 0.237 e. The predicted octanol–water partition coefficient (Wildman–Crippen LogP) is 2.15. The van der Waals surface area contributed by atoms with Gasteiger partial charge in [0, 0.05) is 6.04 Å². The Morgan fingerprint density at radius 3 is 2.59 bits per heavy atom. The number of carbonyl (C=O) groups is 1. The Labute approximate surface area is 109 Å². The monoisotopic (exact) mass is 258 g/mol. The molecule has 1 aliphatic rings. The van der Waals surface area contributed by atoms with Crippen LogP contribution in [-0.2, 0) is 4.79 Å². The minimum atomic E-state index is -0.336. The predicted molar refractivity (Wildman–Crippen MR) is 75.2 cm³/mol. The molecule has 17 heavy (non-hydrogen) atoms. The maximum absolute atomic E-state index is 11.8. The first-order chi connectivity index (χ1) is 7.94. The van der Waals surface area contributed by atoms with Crippen LogP contribution in [0.3, 0.4) is 0 Å². The smallest absolute Gasteiger partial charge is 0.237 e. The topological polar surface area (TPSA) is 55.1 Å².